The lowest BCUT2D eigenvalue weighted by atomic mass is 10.0. The molecule has 0 fully saturated rings. The monoisotopic (exact) mass is 527 g/mol. The van der Waals surface area contributed by atoms with Crippen LogP contribution in [0.5, 0.6) is 0 Å². The van der Waals surface area contributed by atoms with Crippen LogP contribution in [-0.2, 0) is 11.3 Å². The normalized spacial score (nSPS) is 12.8. The van der Waals surface area contributed by atoms with Gasteiger partial charge in [-0.05, 0) is 44.4 Å². The first-order valence-electron chi connectivity index (χ1n) is 9.96. The third kappa shape index (κ3) is 8.33. The SMILES string of the molecule is CN=C(NCc1ccnc2ccccc12)NCC(NC(=O)OC(C)(C)C)C(C)C.I. The molecule has 0 radical (unpaired) electrons. The Hall–Kier alpha value is -2.10. The highest BCUT2D eigenvalue weighted by Crippen LogP contribution is 2.15. The van der Waals surface area contributed by atoms with Gasteiger partial charge in [0.2, 0.25) is 0 Å². The number of benzene rings is 1. The van der Waals surface area contributed by atoms with Crippen LogP contribution in [-0.4, -0.2) is 42.3 Å². The van der Waals surface area contributed by atoms with Gasteiger partial charge in [0.05, 0.1) is 11.6 Å². The van der Waals surface area contributed by atoms with Gasteiger partial charge in [0.15, 0.2) is 5.96 Å². The third-order valence-electron chi connectivity index (χ3n) is 4.41. The number of aliphatic imine (C=N–C) groups is 1. The maximum Gasteiger partial charge on any atom is 0.407 e. The van der Waals surface area contributed by atoms with Crippen molar-refractivity contribution in [1.29, 1.82) is 0 Å². The Balaban J connectivity index is 0.00000450. The molecule has 2 aromatic rings. The van der Waals surface area contributed by atoms with E-state index in [1.165, 1.54) is 0 Å². The number of pyridine rings is 1. The summed E-state index contributed by atoms with van der Waals surface area (Å²) in [6.07, 6.45) is 1.40. The molecule has 0 saturated heterocycles. The number of nitrogens with one attached hydrogen (secondary N) is 3. The molecule has 0 saturated carbocycles. The van der Waals surface area contributed by atoms with Crippen molar-refractivity contribution < 1.29 is 9.53 Å². The van der Waals surface area contributed by atoms with Gasteiger partial charge in [-0.25, -0.2) is 4.79 Å². The van der Waals surface area contributed by atoms with E-state index in [0.717, 1.165) is 16.5 Å². The molecule has 7 nitrogen and oxygen atoms in total. The van der Waals surface area contributed by atoms with E-state index in [-0.39, 0.29) is 35.9 Å². The van der Waals surface area contributed by atoms with Crippen molar-refractivity contribution >= 4 is 46.9 Å². The van der Waals surface area contributed by atoms with E-state index in [4.69, 9.17) is 4.74 Å². The lowest BCUT2D eigenvalue weighted by Gasteiger charge is -2.26. The average molecular weight is 527 g/mol. The van der Waals surface area contributed by atoms with Crippen LogP contribution >= 0.6 is 24.0 Å². The Bertz CT molecular complexity index is 844. The summed E-state index contributed by atoms with van der Waals surface area (Å²) >= 11 is 0. The molecule has 0 aliphatic heterocycles. The molecule has 2 rings (SSSR count). The fraction of sp³-hybridized carbons (Fsp3) is 0.500. The molecule has 3 N–H and O–H groups in total. The first-order valence-corrected chi connectivity index (χ1v) is 9.96. The zero-order valence-electron chi connectivity index (χ0n) is 18.7. The second kappa shape index (κ2) is 11.9. The number of guanidine groups is 1. The summed E-state index contributed by atoms with van der Waals surface area (Å²) in [7, 11) is 1.73. The summed E-state index contributed by atoms with van der Waals surface area (Å²) in [6.45, 7) is 10.8. The standard InChI is InChI=1S/C22H33N5O2.HI/c1-15(2)19(27-21(28)29-22(3,4)5)14-26-20(23-6)25-13-16-11-12-24-18-10-8-7-9-17(16)18;/h7-12,15,19H,13-14H2,1-6H3,(H,27,28)(H2,23,25,26);1H. The zero-order chi connectivity index (χ0) is 21.4. The topological polar surface area (TPSA) is 87.6 Å². The van der Waals surface area contributed by atoms with Gasteiger partial charge >= 0.3 is 6.09 Å². The molecular weight excluding hydrogens is 493 g/mol. The predicted molar refractivity (Wildman–Crippen MR) is 133 cm³/mol. The Morgan fingerprint density at radius 1 is 1.17 bits per heavy atom. The molecule has 8 heteroatoms. The fourth-order valence-corrected chi connectivity index (χ4v) is 2.83. The summed E-state index contributed by atoms with van der Waals surface area (Å²) in [5.74, 6) is 0.903. The Morgan fingerprint density at radius 3 is 2.50 bits per heavy atom. The van der Waals surface area contributed by atoms with Gasteiger partial charge in [-0.3, -0.25) is 9.98 Å². The van der Waals surface area contributed by atoms with E-state index in [9.17, 15) is 4.79 Å². The highest BCUT2D eigenvalue weighted by Gasteiger charge is 2.21. The second-order valence-electron chi connectivity index (χ2n) is 8.29. The molecule has 166 valence electrons. The number of nitrogens with zero attached hydrogens (tertiary/aromatic N) is 2. The van der Waals surface area contributed by atoms with Gasteiger partial charge in [-0.2, -0.15) is 0 Å². The van der Waals surface area contributed by atoms with Crippen LogP contribution in [0.15, 0.2) is 41.5 Å². The van der Waals surface area contributed by atoms with Crippen molar-refractivity contribution in [3.05, 3.63) is 42.1 Å². The Kier molecular flexibility index (Phi) is 10.3. The van der Waals surface area contributed by atoms with Gasteiger partial charge in [0.1, 0.15) is 5.60 Å². The number of rotatable bonds is 6. The molecule has 30 heavy (non-hydrogen) atoms. The lowest BCUT2D eigenvalue weighted by molar-refractivity contribution is 0.0491. The molecule has 1 aromatic carbocycles. The van der Waals surface area contributed by atoms with E-state index in [1.54, 1.807) is 7.05 Å². The third-order valence-corrected chi connectivity index (χ3v) is 4.41. The number of aromatic nitrogens is 1. The summed E-state index contributed by atoms with van der Waals surface area (Å²) in [4.78, 5) is 20.8. The Morgan fingerprint density at radius 2 is 1.87 bits per heavy atom. The summed E-state index contributed by atoms with van der Waals surface area (Å²) in [5.41, 5.74) is 1.59. The maximum absolute atomic E-state index is 12.1. The number of hydrogen-bond acceptors (Lipinski definition) is 4. The zero-order valence-corrected chi connectivity index (χ0v) is 21.0. The highest BCUT2D eigenvalue weighted by atomic mass is 127. The van der Waals surface area contributed by atoms with E-state index < -0.39 is 11.7 Å². The van der Waals surface area contributed by atoms with E-state index in [2.05, 4.69) is 45.8 Å². The minimum atomic E-state index is -0.524. The van der Waals surface area contributed by atoms with Crippen molar-refractivity contribution in [2.45, 2.75) is 52.8 Å². The van der Waals surface area contributed by atoms with Gasteiger partial charge in [0.25, 0.3) is 0 Å². The van der Waals surface area contributed by atoms with Crippen LogP contribution in [0, 0.1) is 5.92 Å². The van der Waals surface area contributed by atoms with Gasteiger partial charge in [-0.1, -0.05) is 32.0 Å². The molecule has 1 heterocycles. The van der Waals surface area contributed by atoms with E-state index in [0.29, 0.717) is 19.0 Å². The summed E-state index contributed by atoms with van der Waals surface area (Å²) in [5, 5.41) is 10.7. The number of amides is 1. The summed E-state index contributed by atoms with van der Waals surface area (Å²) < 4.78 is 5.37. The van der Waals surface area contributed by atoms with Crippen LogP contribution < -0.4 is 16.0 Å². The molecule has 1 atom stereocenters. The number of halogens is 1. The van der Waals surface area contributed by atoms with Gasteiger partial charge < -0.3 is 20.7 Å². The lowest BCUT2D eigenvalue weighted by Crippen LogP contribution is -2.50. The van der Waals surface area contributed by atoms with Crippen LogP contribution in [0.1, 0.15) is 40.2 Å². The molecule has 0 aliphatic rings. The number of carbonyl (C=O) groups excluding carboxylic acids is 1. The van der Waals surface area contributed by atoms with Crippen molar-refractivity contribution in [2.75, 3.05) is 13.6 Å². The molecule has 0 bridgehead atoms. The van der Waals surface area contributed by atoms with Crippen molar-refractivity contribution in [1.82, 2.24) is 20.9 Å². The maximum atomic E-state index is 12.1. The number of ether oxygens (including phenoxy) is 1. The summed E-state index contributed by atoms with van der Waals surface area (Å²) in [6, 6.07) is 9.97. The minimum absolute atomic E-state index is 0. The van der Waals surface area contributed by atoms with Gasteiger partial charge in [-0.15, -0.1) is 24.0 Å². The van der Waals surface area contributed by atoms with E-state index in [1.807, 2.05) is 51.2 Å². The van der Waals surface area contributed by atoms with Crippen molar-refractivity contribution in [3.63, 3.8) is 0 Å². The molecule has 0 spiro atoms. The highest BCUT2D eigenvalue weighted by molar-refractivity contribution is 14.0. The number of carbonyl (C=O) groups is 1. The first kappa shape index (κ1) is 25.9. The number of para-hydroxylation sites is 1. The van der Waals surface area contributed by atoms with Crippen LogP contribution in [0.3, 0.4) is 0 Å². The smallest absolute Gasteiger partial charge is 0.407 e. The van der Waals surface area contributed by atoms with Crippen LogP contribution in [0.4, 0.5) is 4.79 Å². The first-order chi connectivity index (χ1) is 13.7. The molecule has 1 aromatic heterocycles. The number of hydrogen-bond donors (Lipinski definition) is 3. The van der Waals surface area contributed by atoms with Crippen molar-refractivity contribution in [2.24, 2.45) is 10.9 Å². The predicted octanol–water partition coefficient (Wildman–Crippen LogP) is 4.07. The fourth-order valence-electron chi connectivity index (χ4n) is 2.83. The molecular formula is C22H34IN5O2. The van der Waals surface area contributed by atoms with Crippen LogP contribution in [0.2, 0.25) is 0 Å². The second-order valence-corrected chi connectivity index (χ2v) is 8.29. The van der Waals surface area contributed by atoms with Gasteiger partial charge in [0, 0.05) is 31.7 Å². The molecule has 0 aliphatic carbocycles. The molecule has 1 unspecified atom stereocenters. The largest absolute Gasteiger partial charge is 0.444 e. The number of fused-ring (bicyclic) bond motifs is 1. The quantitative estimate of drug-likeness (QED) is 0.300. The Labute approximate surface area is 196 Å². The van der Waals surface area contributed by atoms with Crippen LogP contribution in [0.25, 0.3) is 10.9 Å². The number of alkyl carbamates (subject to hydrolysis) is 1. The molecule has 1 amide bonds. The average Bonchev–Trinajstić information content (AvgIpc) is 2.65. The van der Waals surface area contributed by atoms with E-state index >= 15 is 0 Å². The minimum Gasteiger partial charge on any atom is -0.444 e. The van der Waals surface area contributed by atoms with Crippen molar-refractivity contribution in [3.8, 4) is 0 Å².